The molecular weight excluding hydrogens is 382 g/mol. The van der Waals surface area contributed by atoms with Crippen LogP contribution in [0.3, 0.4) is 0 Å². The molecule has 30 heavy (non-hydrogen) atoms. The highest BCUT2D eigenvalue weighted by Gasteiger charge is 2.28. The molecule has 0 unspecified atom stereocenters. The Balaban J connectivity index is 1.46. The lowest BCUT2D eigenvalue weighted by Crippen LogP contribution is -2.43. The van der Waals surface area contributed by atoms with Crippen molar-refractivity contribution in [3.05, 3.63) is 36.2 Å². The predicted octanol–water partition coefficient (Wildman–Crippen LogP) is 2.35. The number of allylic oxidation sites excluding steroid dienone is 2. The molecule has 0 bridgehead atoms. The molecule has 1 fully saturated rings. The van der Waals surface area contributed by atoms with Crippen molar-refractivity contribution in [2.24, 2.45) is 9.98 Å². The second-order valence-corrected chi connectivity index (χ2v) is 8.31. The van der Waals surface area contributed by atoms with Crippen molar-refractivity contribution in [1.82, 2.24) is 9.61 Å². The minimum Gasteiger partial charge on any atom is -0.490 e. The number of hydrogen-bond donors (Lipinski definition) is 0. The Morgan fingerprint density at radius 2 is 2.17 bits per heavy atom. The zero-order valence-corrected chi connectivity index (χ0v) is 17.2. The van der Waals surface area contributed by atoms with Crippen LogP contribution in [0.15, 0.2) is 46.2 Å². The molecule has 3 aliphatic rings. The number of quaternary nitrogens is 1. The lowest BCUT2D eigenvalue weighted by molar-refractivity contribution is -0.897. The van der Waals surface area contributed by atoms with E-state index in [1.165, 1.54) is 25.9 Å². The Bertz CT molecular complexity index is 1080. The second-order valence-electron chi connectivity index (χ2n) is 8.31. The van der Waals surface area contributed by atoms with Crippen LogP contribution in [0.1, 0.15) is 19.3 Å². The average molecular weight is 408 g/mol. The van der Waals surface area contributed by atoms with Gasteiger partial charge in [0.15, 0.2) is 11.5 Å². The minimum absolute atomic E-state index is 0.0700. The van der Waals surface area contributed by atoms with Crippen LogP contribution in [0.25, 0.3) is 5.52 Å². The fraction of sp³-hybridized carbons (Fsp3) is 0.455. The van der Waals surface area contributed by atoms with Crippen LogP contribution in [-0.4, -0.2) is 77.7 Å². The van der Waals surface area contributed by atoms with E-state index in [4.69, 9.17) is 9.47 Å². The molecule has 0 amide bonds. The van der Waals surface area contributed by atoms with Crippen molar-refractivity contribution in [2.45, 2.75) is 19.3 Å². The molecule has 0 saturated carbocycles. The maximum atomic E-state index is 12.7. The molecule has 8 nitrogen and oxygen atoms in total. The highest BCUT2D eigenvalue weighted by atomic mass is 16.5. The van der Waals surface area contributed by atoms with Crippen LogP contribution in [0.5, 0.6) is 5.88 Å². The van der Waals surface area contributed by atoms with Crippen molar-refractivity contribution in [3.63, 3.8) is 0 Å². The summed E-state index contributed by atoms with van der Waals surface area (Å²) >= 11 is 0. The van der Waals surface area contributed by atoms with E-state index >= 15 is 0 Å². The van der Waals surface area contributed by atoms with Crippen LogP contribution < -0.4 is 4.74 Å². The smallest absolute Gasteiger partial charge is 0.260 e. The number of ketones is 1. The fourth-order valence-corrected chi connectivity index (χ4v) is 4.28. The molecule has 0 N–H and O–H groups in total. The molecule has 2 aliphatic heterocycles. The molecule has 0 radical (unpaired) electrons. The third-order valence-corrected chi connectivity index (χ3v) is 6.05. The minimum atomic E-state index is -0.0700. The molecule has 8 heteroatoms. The molecule has 0 aromatic carbocycles. The number of nitrogens with zero attached hydrogens (tertiary/aromatic N) is 5. The summed E-state index contributed by atoms with van der Waals surface area (Å²) in [5.41, 5.74) is 2.45. The molecular formula is C22H26N5O3+. The Hall–Kier alpha value is -3.00. The van der Waals surface area contributed by atoms with Crippen LogP contribution >= 0.6 is 0 Å². The largest absolute Gasteiger partial charge is 0.490 e. The van der Waals surface area contributed by atoms with Gasteiger partial charge in [-0.25, -0.2) is 9.51 Å². The molecule has 4 heterocycles. The maximum absolute atomic E-state index is 12.7. The zero-order chi connectivity index (χ0) is 20.6. The summed E-state index contributed by atoms with van der Waals surface area (Å²) in [6, 6.07) is 5.76. The number of aromatic nitrogens is 2. The van der Waals surface area contributed by atoms with Gasteiger partial charge in [0.2, 0.25) is 0 Å². The first kappa shape index (κ1) is 19.0. The van der Waals surface area contributed by atoms with Crippen LogP contribution in [0.2, 0.25) is 0 Å². The lowest BCUT2D eigenvalue weighted by Gasteiger charge is -2.28. The Kier molecular flexibility index (Phi) is 4.86. The van der Waals surface area contributed by atoms with Crippen molar-refractivity contribution >= 4 is 28.4 Å². The highest BCUT2D eigenvalue weighted by Crippen LogP contribution is 2.33. The van der Waals surface area contributed by atoms with E-state index in [2.05, 4.69) is 22.1 Å². The SMILES string of the molecule is C[N+]1(CCOc2nn3ccccc3c2N=C2C=C3OCCN=C3CC2=O)CCCC1. The number of hydrogen-bond acceptors (Lipinski definition) is 6. The van der Waals surface area contributed by atoms with Gasteiger partial charge in [-0.15, -0.1) is 5.10 Å². The normalized spacial score (nSPS) is 21.9. The summed E-state index contributed by atoms with van der Waals surface area (Å²) in [7, 11) is 2.28. The third-order valence-electron chi connectivity index (χ3n) is 6.05. The molecule has 0 atom stereocenters. The van der Waals surface area contributed by atoms with Crippen LogP contribution in [-0.2, 0) is 9.53 Å². The average Bonchev–Trinajstić information content (AvgIpc) is 3.33. The van der Waals surface area contributed by atoms with Gasteiger partial charge in [0.05, 0.1) is 44.3 Å². The van der Waals surface area contributed by atoms with E-state index in [1.54, 1.807) is 10.6 Å². The number of likely N-dealkylation sites (N-methyl/N-ethyl adjacent to an activating group) is 1. The molecule has 5 rings (SSSR count). The quantitative estimate of drug-likeness (QED) is 0.712. The molecule has 2 aromatic rings. The van der Waals surface area contributed by atoms with E-state index in [-0.39, 0.29) is 12.2 Å². The van der Waals surface area contributed by atoms with Gasteiger partial charge in [-0.2, -0.15) is 0 Å². The summed E-state index contributed by atoms with van der Waals surface area (Å²) in [5, 5.41) is 4.56. The molecule has 1 saturated heterocycles. The van der Waals surface area contributed by atoms with Gasteiger partial charge in [0.25, 0.3) is 5.88 Å². The third kappa shape index (κ3) is 3.63. The number of likely N-dealkylation sites (tertiary alicyclic amines) is 1. The number of pyridine rings is 1. The number of aliphatic imine (C=N–C) groups is 2. The molecule has 156 valence electrons. The summed E-state index contributed by atoms with van der Waals surface area (Å²) < 4.78 is 14.5. The van der Waals surface area contributed by atoms with E-state index < -0.39 is 0 Å². The fourth-order valence-electron chi connectivity index (χ4n) is 4.28. The summed E-state index contributed by atoms with van der Waals surface area (Å²) in [6.07, 6.45) is 6.31. The standard InChI is InChI=1S/C22H26N5O3/c1-27(9-4-5-10-27)11-13-30-22-21(18-6-2-3-8-26(18)25-22)24-16-15-20-17(14-19(16)28)23-7-12-29-20/h2-3,6,8,15H,4-5,7,9-14H2,1H3/q+1. The summed E-state index contributed by atoms with van der Waals surface area (Å²) in [4.78, 5) is 21.7. The van der Waals surface area contributed by atoms with Gasteiger partial charge < -0.3 is 14.0 Å². The number of carbonyl (C=O) groups is 1. The first-order chi connectivity index (χ1) is 14.6. The number of fused-ring (bicyclic) bond motifs is 2. The van der Waals surface area contributed by atoms with E-state index in [1.807, 2.05) is 24.4 Å². The van der Waals surface area contributed by atoms with Gasteiger partial charge in [-0.3, -0.25) is 9.79 Å². The van der Waals surface area contributed by atoms with Gasteiger partial charge in [0, 0.05) is 25.1 Å². The number of Topliss-reactive ketones (excluding diaryl/α,β-unsaturated/α-hetero) is 1. The van der Waals surface area contributed by atoms with Crippen LogP contribution in [0.4, 0.5) is 5.69 Å². The Labute approximate surface area is 175 Å². The van der Waals surface area contributed by atoms with E-state index in [0.717, 1.165) is 16.5 Å². The number of ether oxygens (including phenoxy) is 2. The first-order valence-electron chi connectivity index (χ1n) is 10.6. The molecule has 0 spiro atoms. The summed E-state index contributed by atoms with van der Waals surface area (Å²) in [5.74, 6) is 1.03. The molecule has 2 aromatic heterocycles. The topological polar surface area (TPSA) is 77.6 Å². The monoisotopic (exact) mass is 408 g/mol. The van der Waals surface area contributed by atoms with Crippen molar-refractivity contribution < 1.29 is 18.8 Å². The van der Waals surface area contributed by atoms with E-state index in [9.17, 15) is 4.79 Å². The van der Waals surface area contributed by atoms with Gasteiger partial charge in [0.1, 0.15) is 31.2 Å². The second kappa shape index (κ2) is 7.68. The molecule has 1 aliphatic carbocycles. The Morgan fingerprint density at radius 3 is 3.03 bits per heavy atom. The van der Waals surface area contributed by atoms with Crippen LogP contribution in [0, 0.1) is 0 Å². The summed E-state index contributed by atoms with van der Waals surface area (Å²) in [6.45, 7) is 4.99. The number of carbonyl (C=O) groups excluding carboxylic acids is 1. The Morgan fingerprint density at radius 1 is 1.30 bits per heavy atom. The highest BCUT2D eigenvalue weighted by molar-refractivity contribution is 6.50. The van der Waals surface area contributed by atoms with Crippen molar-refractivity contribution in [3.8, 4) is 5.88 Å². The lowest BCUT2D eigenvalue weighted by atomic mass is 10.00. The predicted molar refractivity (Wildman–Crippen MR) is 114 cm³/mol. The maximum Gasteiger partial charge on any atom is 0.260 e. The van der Waals surface area contributed by atoms with Crippen molar-refractivity contribution in [2.75, 3.05) is 46.4 Å². The first-order valence-corrected chi connectivity index (χ1v) is 10.6. The van der Waals surface area contributed by atoms with Gasteiger partial charge in [-0.1, -0.05) is 6.07 Å². The van der Waals surface area contributed by atoms with Gasteiger partial charge >= 0.3 is 0 Å². The zero-order valence-electron chi connectivity index (χ0n) is 17.2. The van der Waals surface area contributed by atoms with Gasteiger partial charge in [-0.05, 0) is 12.1 Å². The number of rotatable bonds is 5. The van der Waals surface area contributed by atoms with E-state index in [0.29, 0.717) is 48.5 Å². The van der Waals surface area contributed by atoms with Crippen molar-refractivity contribution in [1.29, 1.82) is 0 Å².